The maximum atomic E-state index is 13.7. The SMILES string of the molecule is CB(c1c(C)cc(C)cc1C)c1c(C)cc(C)cc1C.Cc1cc(C)c(P(C)(=O)c2c(C)cc(C)cc2C)c(C)c1.Cc1ccc2c(c1)oc1ccccc12.Cc1ccc2c(c1)sc1ccccc12.Cc1ccc2oc3ccccc3c2c1.Cc1ccc2sc3ccccc3c2c1.Cc1cccc2c1oc1ccccc12.Cc1cccc2c1sc1ccccc12. The van der Waals surface area contributed by atoms with E-state index >= 15 is 0 Å². The van der Waals surface area contributed by atoms with Crippen molar-refractivity contribution in [1.82, 2.24) is 0 Å². The maximum absolute atomic E-state index is 13.7. The molecule has 6 aromatic heterocycles. The molecule has 6 heterocycles. The fourth-order valence-corrected chi connectivity index (χ4v) is 25.5. The van der Waals surface area contributed by atoms with Gasteiger partial charge in [-0.05, 0) is 249 Å². The number of para-hydroxylation sites is 4. The number of benzene rings is 16. The fourth-order valence-electron chi connectivity index (χ4n) is 18.8. The number of furan rings is 3. The van der Waals surface area contributed by atoms with Crippen LogP contribution in [-0.4, -0.2) is 13.4 Å². The summed E-state index contributed by atoms with van der Waals surface area (Å²) in [6.07, 6.45) is 0. The Labute approximate surface area is 749 Å². The van der Waals surface area contributed by atoms with Crippen LogP contribution in [0.4, 0.5) is 0 Å². The predicted molar refractivity (Wildman–Crippen MR) is 554 cm³/mol. The minimum atomic E-state index is -2.59. The van der Waals surface area contributed by atoms with Gasteiger partial charge >= 0.3 is 0 Å². The monoisotopic (exact) mass is 1700 g/mol. The minimum absolute atomic E-state index is 0.455. The molecule has 22 aromatic rings. The molecule has 0 saturated carbocycles. The van der Waals surface area contributed by atoms with Crippen molar-refractivity contribution < 1.29 is 17.8 Å². The topological polar surface area (TPSA) is 56.5 Å². The molecule has 16 aromatic carbocycles. The van der Waals surface area contributed by atoms with E-state index in [0.29, 0.717) is 6.71 Å². The van der Waals surface area contributed by atoms with Gasteiger partial charge in [-0.15, -0.1) is 34.0 Å². The average Bonchev–Trinajstić information content (AvgIpc) is 1.72. The van der Waals surface area contributed by atoms with E-state index in [1.54, 1.807) is 0 Å². The van der Waals surface area contributed by atoms with Gasteiger partial charge in [0.05, 0.1) is 0 Å². The first-order valence-electron chi connectivity index (χ1n) is 43.2. The quantitative estimate of drug-likeness (QED) is 0.130. The summed E-state index contributed by atoms with van der Waals surface area (Å²) in [6.45, 7) is 43.2. The normalized spacial score (nSPS) is 11.2. The zero-order chi connectivity index (χ0) is 88.2. The molecule has 0 unspecified atom stereocenters. The van der Waals surface area contributed by atoms with E-state index in [0.717, 1.165) is 66.4 Å². The summed E-state index contributed by atoms with van der Waals surface area (Å²) in [5.41, 5.74) is 31.9. The van der Waals surface area contributed by atoms with Crippen molar-refractivity contribution >= 4 is 196 Å². The Kier molecular flexibility index (Phi) is 26.5. The molecule has 0 saturated heterocycles. The van der Waals surface area contributed by atoms with E-state index in [-0.39, 0.29) is 0 Å². The van der Waals surface area contributed by atoms with E-state index in [9.17, 15) is 4.57 Å². The number of aryl methyl sites for hydroxylation is 18. The average molecular weight is 1710 g/mol. The van der Waals surface area contributed by atoms with Crippen LogP contribution < -0.4 is 21.5 Å². The van der Waals surface area contributed by atoms with Gasteiger partial charge in [0, 0.05) is 103 Å². The Hall–Kier alpha value is -12.1. The molecule has 0 N–H and O–H groups in total. The second-order valence-electron chi connectivity index (χ2n) is 34.3. The van der Waals surface area contributed by atoms with Crippen molar-refractivity contribution in [1.29, 1.82) is 0 Å². The Bertz CT molecular complexity index is 7220. The molecule has 0 aliphatic carbocycles. The highest BCUT2D eigenvalue weighted by atomic mass is 32.1. The van der Waals surface area contributed by atoms with Gasteiger partial charge in [0.25, 0.3) is 0 Å². The third-order valence-corrected chi connectivity index (χ3v) is 30.5. The predicted octanol–water partition coefficient (Wildman–Crippen LogP) is 33.0. The molecular weight excluding hydrogens is 1600 g/mol. The number of fused-ring (bicyclic) bond motifs is 18. The standard InChI is InChI=1S/C19H25B.C19H25OP.3C13H10O.3C13H10S/c1-12-8-14(3)18(15(4)9-12)20(7)19-16(5)10-13(2)11-17(19)6;1-12-8-14(3)18(15(4)9-12)21(7,20)19-16(5)10-13(2)11-17(19)6;1-9-5-4-7-11-10-6-2-3-8-12(10)14-13(9)11;1-9-6-7-13-11(8-9)10-4-2-3-5-12(10)14-13;1-9-6-7-11-10-4-2-3-5-12(10)14-13(11)8-9;1-9-5-4-7-11-10-6-2-3-8-12(10)14-13(9)11;1-9-6-7-13-11(8-9)10-4-2-3-5-12(10)14-13;1-9-6-7-11-10-4-2-3-5-12(10)14-13(11)8-9/h8-11H,1-7H3;8-11H,1-7H3;6*2-8H,1H3. The van der Waals surface area contributed by atoms with E-state index in [2.05, 4.69) is 374 Å². The highest BCUT2D eigenvalue weighted by Crippen LogP contribution is 2.45. The second-order valence-corrected chi connectivity index (χ2v) is 40.2. The molecule has 0 radical (unpaired) electrons. The molecule has 0 amide bonds. The lowest BCUT2D eigenvalue weighted by Gasteiger charge is -2.23. The third kappa shape index (κ3) is 19.1. The molecule has 0 aliphatic rings. The Morgan fingerprint density at radius 3 is 1.06 bits per heavy atom. The zero-order valence-corrected chi connectivity index (χ0v) is 79.1. The smallest absolute Gasteiger partial charge is 0.207 e. The van der Waals surface area contributed by atoms with Crippen LogP contribution in [0.2, 0.25) is 6.82 Å². The lowest BCUT2D eigenvalue weighted by Crippen LogP contribution is -2.45. The first-order valence-corrected chi connectivity index (χ1v) is 47.8. The summed E-state index contributed by atoms with van der Waals surface area (Å²) in [7, 11) is -2.59. The molecule has 125 heavy (non-hydrogen) atoms. The van der Waals surface area contributed by atoms with Crippen molar-refractivity contribution in [3.05, 3.63) is 403 Å². The van der Waals surface area contributed by atoms with Gasteiger partial charge in [-0.1, -0.05) is 304 Å². The van der Waals surface area contributed by atoms with Gasteiger partial charge in [0.2, 0.25) is 6.71 Å². The fraction of sp³-hybridized carbons (Fsp3) is 0.172. The molecule has 0 aliphatic heterocycles. The molecule has 4 nitrogen and oxygen atoms in total. The molecule has 0 atom stereocenters. The third-order valence-electron chi connectivity index (χ3n) is 23.8. The van der Waals surface area contributed by atoms with Crippen molar-refractivity contribution in [2.75, 3.05) is 6.66 Å². The van der Waals surface area contributed by atoms with Crippen LogP contribution in [0.1, 0.15) is 100 Å². The van der Waals surface area contributed by atoms with E-state index < -0.39 is 7.14 Å². The summed E-state index contributed by atoms with van der Waals surface area (Å²) >= 11 is 5.63. The molecule has 0 spiro atoms. The maximum Gasteiger partial charge on any atom is 0.207 e. The number of rotatable bonds is 4. The zero-order valence-electron chi connectivity index (χ0n) is 75.7. The van der Waals surface area contributed by atoms with Gasteiger partial charge in [0.1, 0.15) is 40.6 Å². The van der Waals surface area contributed by atoms with Gasteiger partial charge < -0.3 is 17.8 Å². The van der Waals surface area contributed by atoms with Crippen LogP contribution >= 0.6 is 41.2 Å². The van der Waals surface area contributed by atoms with Crippen molar-refractivity contribution in [3.8, 4) is 0 Å². The van der Waals surface area contributed by atoms with Crippen LogP contribution in [0.5, 0.6) is 0 Å². The van der Waals surface area contributed by atoms with Crippen molar-refractivity contribution in [3.63, 3.8) is 0 Å². The number of hydrogen-bond acceptors (Lipinski definition) is 7. The lowest BCUT2D eigenvalue weighted by atomic mass is 9.39. The van der Waals surface area contributed by atoms with E-state index in [1.807, 2.05) is 101 Å². The van der Waals surface area contributed by atoms with Crippen LogP contribution in [-0.2, 0) is 4.57 Å². The number of hydrogen-bond donors (Lipinski definition) is 0. The lowest BCUT2D eigenvalue weighted by molar-refractivity contribution is 0.590. The van der Waals surface area contributed by atoms with Crippen molar-refractivity contribution in [2.45, 2.75) is 131 Å². The Morgan fingerprint density at radius 2 is 0.544 bits per heavy atom. The molecule has 0 fully saturated rings. The summed E-state index contributed by atoms with van der Waals surface area (Å²) < 4.78 is 39.3. The van der Waals surface area contributed by atoms with Gasteiger partial charge in [-0.25, -0.2) is 0 Å². The molecule has 624 valence electrons. The molecular formula is C116H110BO4PS3. The van der Waals surface area contributed by atoms with Crippen LogP contribution in [0.25, 0.3) is 126 Å². The van der Waals surface area contributed by atoms with E-state index in [4.69, 9.17) is 13.3 Å². The molecule has 0 bridgehead atoms. The summed E-state index contributed by atoms with van der Waals surface area (Å²) in [4.78, 5) is 0. The van der Waals surface area contributed by atoms with Crippen LogP contribution in [0.3, 0.4) is 0 Å². The van der Waals surface area contributed by atoms with Gasteiger partial charge in [-0.2, -0.15) is 0 Å². The summed E-state index contributed by atoms with van der Waals surface area (Å²) in [5, 5.41) is 17.6. The van der Waals surface area contributed by atoms with Gasteiger partial charge in [0.15, 0.2) is 0 Å². The first-order chi connectivity index (χ1) is 60.0. The second kappa shape index (κ2) is 37.7. The van der Waals surface area contributed by atoms with Crippen molar-refractivity contribution in [2.24, 2.45) is 0 Å². The van der Waals surface area contributed by atoms with E-state index in [1.165, 1.54) is 182 Å². The molecule has 22 rings (SSSR count). The highest BCUT2D eigenvalue weighted by Gasteiger charge is 2.29. The minimum Gasteiger partial charge on any atom is -0.456 e. The van der Waals surface area contributed by atoms with Gasteiger partial charge in [-0.3, -0.25) is 0 Å². The highest BCUT2D eigenvalue weighted by molar-refractivity contribution is 7.78. The first kappa shape index (κ1) is 87.8. The Balaban J connectivity index is 0.000000111. The van der Waals surface area contributed by atoms with Crippen LogP contribution in [0, 0.1) is 125 Å². The summed E-state index contributed by atoms with van der Waals surface area (Å²) in [5.74, 6) is 0. The number of thiophene rings is 3. The summed E-state index contributed by atoms with van der Waals surface area (Å²) in [6, 6.07) is 107. The molecule has 9 heteroatoms. The van der Waals surface area contributed by atoms with Crippen LogP contribution in [0.15, 0.2) is 317 Å². The Morgan fingerprint density at radius 1 is 0.224 bits per heavy atom. The largest absolute Gasteiger partial charge is 0.456 e.